The van der Waals surface area contributed by atoms with E-state index in [0.717, 1.165) is 0 Å². The lowest BCUT2D eigenvalue weighted by Crippen LogP contribution is -1.80. The Kier molecular flexibility index (Phi) is 4.16. The lowest BCUT2D eigenvalue weighted by Gasteiger charge is -1.82. The summed E-state index contributed by atoms with van der Waals surface area (Å²) in [6.07, 6.45) is 2.05. The van der Waals surface area contributed by atoms with Gasteiger partial charge in [0.1, 0.15) is 5.69 Å². The zero-order valence-corrected chi connectivity index (χ0v) is 7.80. The molecule has 0 atom stereocenters. The van der Waals surface area contributed by atoms with Gasteiger partial charge in [-0.3, -0.25) is 4.79 Å². The van der Waals surface area contributed by atoms with Crippen LogP contribution in [-0.4, -0.2) is 23.0 Å². The average molecular weight is 195 g/mol. The highest BCUT2D eigenvalue weighted by atomic mass is 32.1. The molecule has 1 aromatic heterocycles. The maximum Gasteiger partial charge on any atom is 0.178 e. The number of rotatable bonds is 3. The van der Waals surface area contributed by atoms with Crippen molar-refractivity contribution in [1.29, 1.82) is 0 Å². The van der Waals surface area contributed by atoms with Crippen molar-refractivity contribution in [2.75, 3.05) is 6.61 Å². The highest BCUT2D eigenvalue weighted by molar-refractivity contribution is 7.11. The van der Waals surface area contributed by atoms with E-state index in [4.69, 9.17) is 5.11 Å². The first kappa shape index (κ1) is 9.90. The molecule has 68 valence electrons. The number of carbonyl (C=O) groups is 1. The van der Waals surface area contributed by atoms with E-state index in [-0.39, 0.29) is 6.61 Å². The van der Waals surface area contributed by atoms with E-state index in [2.05, 4.69) is 16.8 Å². The zero-order chi connectivity index (χ0) is 9.52. The number of aliphatic hydroxyl groups excluding tert-OH is 1. The van der Waals surface area contributed by atoms with Crippen molar-refractivity contribution in [3.63, 3.8) is 0 Å². The molecule has 1 aromatic rings. The molecule has 0 unspecified atom stereocenters. The molecule has 1 heterocycles. The van der Waals surface area contributed by atoms with Gasteiger partial charge in [0.2, 0.25) is 0 Å². The number of unbranched alkanes of at least 4 members (excludes halogenated alkanes) is 1. The summed E-state index contributed by atoms with van der Waals surface area (Å²) in [6.45, 7) is 0.158. The molecule has 1 N–H and O–H groups in total. The third-order valence-electron chi connectivity index (χ3n) is 1.30. The second-order valence-corrected chi connectivity index (χ2v) is 3.21. The Morgan fingerprint density at radius 2 is 2.54 bits per heavy atom. The fraction of sp³-hybridized carbons (Fsp3) is 0.333. The van der Waals surface area contributed by atoms with Gasteiger partial charge < -0.3 is 5.11 Å². The molecule has 0 saturated carbocycles. The van der Waals surface area contributed by atoms with Crippen LogP contribution in [0.25, 0.3) is 0 Å². The molecule has 0 spiro atoms. The summed E-state index contributed by atoms with van der Waals surface area (Å²) >= 11 is 1.28. The van der Waals surface area contributed by atoms with Gasteiger partial charge in [0, 0.05) is 18.4 Å². The molecule has 13 heavy (non-hydrogen) atoms. The van der Waals surface area contributed by atoms with Gasteiger partial charge in [-0.05, 0) is 12.3 Å². The van der Waals surface area contributed by atoms with Gasteiger partial charge in [-0.15, -0.1) is 11.3 Å². The largest absolute Gasteiger partial charge is 0.396 e. The molecule has 0 aliphatic rings. The molecule has 0 amide bonds. The Hall–Kier alpha value is -1.18. The maximum absolute atomic E-state index is 10.3. The summed E-state index contributed by atoms with van der Waals surface area (Å²) < 4.78 is 0. The fourth-order valence-electron chi connectivity index (χ4n) is 0.720. The molecular weight excluding hydrogens is 186 g/mol. The fourth-order valence-corrected chi connectivity index (χ4v) is 1.27. The summed E-state index contributed by atoms with van der Waals surface area (Å²) in [4.78, 5) is 14.2. The number of hydrogen-bond acceptors (Lipinski definition) is 4. The minimum Gasteiger partial charge on any atom is -0.396 e. The van der Waals surface area contributed by atoms with E-state index >= 15 is 0 Å². The molecule has 0 radical (unpaired) electrons. The maximum atomic E-state index is 10.3. The normalized spacial score (nSPS) is 9.00. The zero-order valence-electron chi connectivity index (χ0n) is 6.99. The molecular formula is C9H9NO2S. The molecule has 0 aliphatic heterocycles. The molecule has 0 bridgehead atoms. The predicted molar refractivity (Wildman–Crippen MR) is 50.7 cm³/mol. The number of carbonyl (C=O) groups excluding carboxylic acids is 1. The Morgan fingerprint density at radius 1 is 1.69 bits per heavy atom. The van der Waals surface area contributed by atoms with E-state index in [1.165, 1.54) is 11.3 Å². The molecule has 0 fully saturated rings. The first-order chi connectivity index (χ1) is 6.36. The summed E-state index contributed by atoms with van der Waals surface area (Å²) in [5, 5.41) is 10.7. The van der Waals surface area contributed by atoms with Crippen molar-refractivity contribution in [3.05, 3.63) is 16.1 Å². The van der Waals surface area contributed by atoms with Crippen LogP contribution in [0, 0.1) is 11.8 Å². The van der Waals surface area contributed by atoms with Crippen LogP contribution in [0.4, 0.5) is 0 Å². The predicted octanol–water partition coefficient (Wildman–Crippen LogP) is 1.08. The van der Waals surface area contributed by atoms with Gasteiger partial charge in [-0.1, -0.05) is 5.92 Å². The summed E-state index contributed by atoms with van der Waals surface area (Å²) in [6, 6.07) is 0. The van der Waals surface area contributed by atoms with Gasteiger partial charge in [0.15, 0.2) is 11.3 Å². The topological polar surface area (TPSA) is 50.2 Å². The standard InChI is InChI=1S/C9H9NO2S/c11-5-3-1-2-4-8-7-13-9(6-12)10-8/h6-7,11H,1,3,5H2. The lowest BCUT2D eigenvalue weighted by molar-refractivity contribution is 0.112. The monoisotopic (exact) mass is 195 g/mol. The minimum absolute atomic E-state index is 0.158. The van der Waals surface area contributed by atoms with Gasteiger partial charge in [0.25, 0.3) is 0 Å². The molecule has 4 heteroatoms. The van der Waals surface area contributed by atoms with Crippen LogP contribution in [-0.2, 0) is 0 Å². The van der Waals surface area contributed by atoms with Crippen molar-refractivity contribution in [1.82, 2.24) is 4.98 Å². The molecule has 3 nitrogen and oxygen atoms in total. The van der Waals surface area contributed by atoms with Gasteiger partial charge in [-0.25, -0.2) is 4.98 Å². The van der Waals surface area contributed by atoms with E-state index in [1.807, 2.05) is 0 Å². The van der Waals surface area contributed by atoms with Crippen LogP contribution in [0.1, 0.15) is 28.3 Å². The molecule has 0 aromatic carbocycles. The van der Waals surface area contributed by atoms with Crippen LogP contribution in [0.3, 0.4) is 0 Å². The van der Waals surface area contributed by atoms with Crippen LogP contribution >= 0.6 is 11.3 Å². The van der Waals surface area contributed by atoms with Gasteiger partial charge in [0.05, 0.1) is 0 Å². The lowest BCUT2D eigenvalue weighted by atomic mass is 10.3. The summed E-state index contributed by atoms with van der Waals surface area (Å²) in [7, 11) is 0. The van der Waals surface area contributed by atoms with Gasteiger partial charge in [-0.2, -0.15) is 0 Å². The smallest absolute Gasteiger partial charge is 0.178 e. The highest BCUT2D eigenvalue weighted by Crippen LogP contribution is 2.05. The Labute approximate surface area is 80.4 Å². The first-order valence-corrected chi connectivity index (χ1v) is 4.75. The van der Waals surface area contributed by atoms with Crippen LogP contribution in [0.5, 0.6) is 0 Å². The number of aromatic nitrogens is 1. The Morgan fingerprint density at radius 3 is 3.15 bits per heavy atom. The quantitative estimate of drug-likeness (QED) is 0.446. The second-order valence-electron chi connectivity index (χ2n) is 2.32. The van der Waals surface area contributed by atoms with Crippen molar-refractivity contribution >= 4 is 17.6 Å². The van der Waals surface area contributed by atoms with E-state index < -0.39 is 0 Å². The van der Waals surface area contributed by atoms with Gasteiger partial charge >= 0.3 is 0 Å². The van der Waals surface area contributed by atoms with Crippen molar-refractivity contribution in [2.45, 2.75) is 12.8 Å². The second kappa shape index (κ2) is 5.46. The average Bonchev–Trinajstić information content (AvgIpc) is 2.60. The Balaban J connectivity index is 2.51. The third kappa shape index (κ3) is 3.36. The number of nitrogens with zero attached hydrogens (tertiary/aromatic N) is 1. The third-order valence-corrected chi connectivity index (χ3v) is 2.07. The van der Waals surface area contributed by atoms with E-state index in [9.17, 15) is 4.79 Å². The van der Waals surface area contributed by atoms with Crippen molar-refractivity contribution in [2.24, 2.45) is 0 Å². The first-order valence-electron chi connectivity index (χ1n) is 3.87. The number of aldehydes is 1. The van der Waals surface area contributed by atoms with E-state index in [1.54, 1.807) is 5.38 Å². The SMILES string of the molecule is O=Cc1nc(C#CCCCO)cs1. The molecule has 0 aliphatic carbocycles. The molecule has 1 rings (SSSR count). The minimum atomic E-state index is 0.158. The highest BCUT2D eigenvalue weighted by Gasteiger charge is 1.95. The number of thiazole rings is 1. The number of hydrogen-bond donors (Lipinski definition) is 1. The van der Waals surface area contributed by atoms with Crippen molar-refractivity contribution in [3.8, 4) is 11.8 Å². The number of aliphatic hydroxyl groups is 1. The van der Waals surface area contributed by atoms with Crippen LogP contribution in [0.15, 0.2) is 5.38 Å². The van der Waals surface area contributed by atoms with Crippen LogP contribution in [0.2, 0.25) is 0 Å². The van der Waals surface area contributed by atoms with Crippen molar-refractivity contribution < 1.29 is 9.90 Å². The Bertz CT molecular complexity index is 335. The summed E-state index contributed by atoms with van der Waals surface area (Å²) in [5.41, 5.74) is 0.630. The van der Waals surface area contributed by atoms with E-state index in [0.29, 0.717) is 29.8 Å². The van der Waals surface area contributed by atoms with Crippen LogP contribution < -0.4 is 0 Å². The molecule has 0 saturated heterocycles. The summed E-state index contributed by atoms with van der Waals surface area (Å²) in [5.74, 6) is 5.67.